The van der Waals surface area contributed by atoms with E-state index in [2.05, 4.69) is 15.3 Å². The van der Waals surface area contributed by atoms with E-state index in [1.54, 1.807) is 6.20 Å². The van der Waals surface area contributed by atoms with Gasteiger partial charge in [0.1, 0.15) is 5.65 Å². The highest BCUT2D eigenvalue weighted by molar-refractivity contribution is 5.98. The highest BCUT2D eigenvalue weighted by Crippen LogP contribution is 2.30. The third-order valence-corrected chi connectivity index (χ3v) is 2.22. The minimum Gasteiger partial charge on any atom is -0.375 e. The number of hydrogen-bond donors (Lipinski definition) is 2. The van der Waals surface area contributed by atoms with Gasteiger partial charge in [0.05, 0.1) is 17.6 Å². The topological polar surface area (TPSA) is 61.0 Å². The normalized spacial score (nSPS) is 10.3. The predicted octanol–water partition coefficient (Wildman–Crippen LogP) is 1.20. The molecule has 0 aliphatic heterocycles. The van der Waals surface area contributed by atoms with Crippen LogP contribution in [0.15, 0.2) is 18.5 Å². The molecule has 0 aromatic carbocycles. The number of rotatable bonds is 3. The van der Waals surface area contributed by atoms with Crippen LogP contribution in [-0.4, -0.2) is 30.5 Å². The Bertz CT molecular complexity index is 489. The van der Waals surface area contributed by atoms with Crippen LogP contribution in [0.25, 0.3) is 11.0 Å². The first-order chi connectivity index (χ1) is 7.24. The number of aromatic nitrogens is 2. The van der Waals surface area contributed by atoms with Gasteiger partial charge in [0, 0.05) is 25.7 Å². The van der Waals surface area contributed by atoms with Crippen LogP contribution in [0.3, 0.4) is 0 Å². The summed E-state index contributed by atoms with van der Waals surface area (Å²) >= 11 is 0. The van der Waals surface area contributed by atoms with E-state index in [1.165, 1.54) is 0 Å². The summed E-state index contributed by atoms with van der Waals surface area (Å²) < 4.78 is 0. The number of nitrogens with one attached hydrogen (secondary N) is 2. The van der Waals surface area contributed by atoms with E-state index in [4.69, 9.17) is 0 Å². The van der Waals surface area contributed by atoms with Crippen molar-refractivity contribution in [3.63, 3.8) is 0 Å². The van der Waals surface area contributed by atoms with Crippen molar-refractivity contribution in [2.75, 3.05) is 24.3 Å². The molecule has 0 unspecified atom stereocenters. The number of aromatic amines is 1. The third-order valence-electron chi connectivity index (χ3n) is 2.22. The lowest BCUT2D eigenvalue weighted by molar-refractivity contribution is -0.105. The van der Waals surface area contributed by atoms with Crippen LogP contribution >= 0.6 is 0 Å². The minimum absolute atomic E-state index is 0.655. The number of amides is 1. The molecule has 2 rings (SSSR count). The van der Waals surface area contributed by atoms with Crippen molar-refractivity contribution in [1.29, 1.82) is 0 Å². The Kier molecular flexibility index (Phi) is 2.29. The molecule has 15 heavy (non-hydrogen) atoms. The molecule has 2 N–H and O–H groups in total. The van der Waals surface area contributed by atoms with Crippen molar-refractivity contribution in [3.05, 3.63) is 18.5 Å². The number of fused-ring (bicyclic) bond motifs is 1. The van der Waals surface area contributed by atoms with Crippen molar-refractivity contribution < 1.29 is 4.79 Å². The molecule has 0 saturated heterocycles. The number of pyridine rings is 1. The van der Waals surface area contributed by atoms with Crippen LogP contribution < -0.4 is 10.2 Å². The molecule has 2 aromatic heterocycles. The van der Waals surface area contributed by atoms with Gasteiger partial charge in [-0.25, -0.2) is 4.98 Å². The van der Waals surface area contributed by atoms with E-state index in [0.29, 0.717) is 12.1 Å². The Balaban J connectivity index is 2.69. The molecule has 1 amide bonds. The molecule has 0 aliphatic carbocycles. The monoisotopic (exact) mass is 204 g/mol. The summed E-state index contributed by atoms with van der Waals surface area (Å²) in [5, 5.41) is 3.63. The highest BCUT2D eigenvalue weighted by Gasteiger charge is 2.10. The Hall–Kier alpha value is -2.04. The summed E-state index contributed by atoms with van der Waals surface area (Å²) in [6, 6.07) is 1.94. The van der Waals surface area contributed by atoms with Crippen molar-refractivity contribution in [2.45, 2.75) is 0 Å². The van der Waals surface area contributed by atoms with Gasteiger partial charge < -0.3 is 15.2 Å². The summed E-state index contributed by atoms with van der Waals surface area (Å²) in [6.45, 7) is 0. The molecule has 0 aliphatic rings. The van der Waals surface area contributed by atoms with Gasteiger partial charge in [-0.05, 0) is 6.07 Å². The van der Waals surface area contributed by atoms with Crippen molar-refractivity contribution in [2.24, 2.45) is 0 Å². The molecule has 0 saturated carbocycles. The van der Waals surface area contributed by atoms with Crippen LogP contribution in [0.2, 0.25) is 0 Å². The van der Waals surface area contributed by atoms with Gasteiger partial charge in [0.25, 0.3) is 0 Å². The van der Waals surface area contributed by atoms with Gasteiger partial charge in [-0.2, -0.15) is 0 Å². The molecular formula is C10H12N4O. The van der Waals surface area contributed by atoms with E-state index in [1.807, 2.05) is 31.3 Å². The van der Waals surface area contributed by atoms with E-state index < -0.39 is 0 Å². The fraction of sp³-hybridized carbons (Fsp3) is 0.200. The lowest BCUT2D eigenvalue weighted by Crippen LogP contribution is -2.12. The van der Waals surface area contributed by atoms with E-state index >= 15 is 0 Å². The maximum atomic E-state index is 10.5. The average molecular weight is 204 g/mol. The Labute approximate surface area is 87.1 Å². The zero-order valence-electron chi connectivity index (χ0n) is 8.61. The second kappa shape index (κ2) is 3.61. The third kappa shape index (κ3) is 1.52. The first kappa shape index (κ1) is 9.51. The molecular weight excluding hydrogens is 192 g/mol. The number of nitrogens with zero attached hydrogens (tertiary/aromatic N) is 2. The quantitative estimate of drug-likeness (QED) is 0.738. The molecule has 0 radical (unpaired) electrons. The number of carbonyl (C=O) groups excluding carboxylic acids is 1. The lowest BCUT2D eigenvalue weighted by Gasteiger charge is -2.17. The fourth-order valence-electron chi connectivity index (χ4n) is 1.64. The van der Waals surface area contributed by atoms with Gasteiger partial charge in [-0.1, -0.05) is 0 Å². The van der Waals surface area contributed by atoms with E-state index in [-0.39, 0.29) is 0 Å². The standard InChI is InChI=1S/C10H12N4O/c1-14(2)9-7-3-4-11-10(7)12-5-8(9)13-6-15/h3-6H,1-2H3,(H,11,12)(H,13,15). The van der Waals surface area contributed by atoms with Gasteiger partial charge in [-0.15, -0.1) is 0 Å². The summed E-state index contributed by atoms with van der Waals surface area (Å²) in [7, 11) is 3.86. The van der Waals surface area contributed by atoms with Crippen molar-refractivity contribution in [1.82, 2.24) is 9.97 Å². The SMILES string of the molecule is CN(C)c1c(NC=O)cnc2[nH]ccc12. The Morgan fingerprint density at radius 2 is 2.33 bits per heavy atom. The van der Waals surface area contributed by atoms with E-state index in [9.17, 15) is 4.79 Å². The second-order valence-corrected chi connectivity index (χ2v) is 3.42. The summed E-state index contributed by atoms with van der Waals surface area (Å²) in [6.07, 6.45) is 4.13. The smallest absolute Gasteiger partial charge is 0.211 e. The maximum Gasteiger partial charge on any atom is 0.211 e. The maximum absolute atomic E-state index is 10.5. The van der Waals surface area contributed by atoms with Crippen LogP contribution in [-0.2, 0) is 4.79 Å². The number of carbonyl (C=O) groups is 1. The van der Waals surface area contributed by atoms with Crippen molar-refractivity contribution in [3.8, 4) is 0 Å². The average Bonchev–Trinajstić information content (AvgIpc) is 2.64. The summed E-state index contributed by atoms with van der Waals surface area (Å²) in [4.78, 5) is 19.6. The largest absolute Gasteiger partial charge is 0.375 e. The predicted molar refractivity (Wildman–Crippen MR) is 60.1 cm³/mol. The lowest BCUT2D eigenvalue weighted by atomic mass is 10.2. The van der Waals surface area contributed by atoms with Crippen LogP contribution in [0, 0.1) is 0 Å². The van der Waals surface area contributed by atoms with E-state index in [0.717, 1.165) is 16.7 Å². The first-order valence-electron chi connectivity index (χ1n) is 4.57. The number of H-pyrrole nitrogens is 1. The van der Waals surface area contributed by atoms with Crippen LogP contribution in [0.1, 0.15) is 0 Å². The first-order valence-corrected chi connectivity index (χ1v) is 4.57. The molecule has 0 atom stereocenters. The van der Waals surface area contributed by atoms with Gasteiger partial charge in [-0.3, -0.25) is 4.79 Å². The second-order valence-electron chi connectivity index (χ2n) is 3.42. The fourth-order valence-corrected chi connectivity index (χ4v) is 1.64. The van der Waals surface area contributed by atoms with Crippen LogP contribution in [0.5, 0.6) is 0 Å². The highest BCUT2D eigenvalue weighted by atomic mass is 16.1. The minimum atomic E-state index is 0.655. The zero-order valence-corrected chi connectivity index (χ0v) is 8.61. The molecule has 78 valence electrons. The number of hydrogen-bond acceptors (Lipinski definition) is 3. The van der Waals surface area contributed by atoms with Crippen molar-refractivity contribution >= 4 is 28.8 Å². The molecule has 0 fully saturated rings. The Morgan fingerprint density at radius 3 is 3.00 bits per heavy atom. The van der Waals surface area contributed by atoms with Gasteiger partial charge in [0.15, 0.2) is 0 Å². The van der Waals surface area contributed by atoms with Crippen LogP contribution in [0.4, 0.5) is 11.4 Å². The molecule has 5 heteroatoms. The summed E-state index contributed by atoms with van der Waals surface area (Å²) in [5.41, 5.74) is 2.48. The number of anilines is 2. The summed E-state index contributed by atoms with van der Waals surface area (Å²) in [5.74, 6) is 0. The van der Waals surface area contributed by atoms with Gasteiger partial charge >= 0.3 is 0 Å². The van der Waals surface area contributed by atoms with Gasteiger partial charge in [0.2, 0.25) is 6.41 Å². The molecule has 5 nitrogen and oxygen atoms in total. The molecule has 0 spiro atoms. The Morgan fingerprint density at radius 1 is 1.53 bits per heavy atom. The molecule has 2 heterocycles. The molecule has 2 aromatic rings. The zero-order chi connectivity index (χ0) is 10.8. The molecule has 0 bridgehead atoms.